The first kappa shape index (κ1) is 16.7. The fourth-order valence-corrected chi connectivity index (χ4v) is 2.52. The summed E-state index contributed by atoms with van der Waals surface area (Å²) in [4.78, 5) is 23.7. The van der Waals surface area contributed by atoms with Crippen molar-refractivity contribution >= 4 is 28.4 Å². The van der Waals surface area contributed by atoms with Gasteiger partial charge in [-0.2, -0.15) is 0 Å². The average Bonchev–Trinajstić information content (AvgIpc) is 3.03. The predicted molar refractivity (Wildman–Crippen MR) is 91.8 cm³/mol. The fraction of sp³-hybridized carbons (Fsp3) is 0.167. The number of nitrogens with zero attached hydrogens (tertiary/aromatic N) is 1. The summed E-state index contributed by atoms with van der Waals surface area (Å²) in [7, 11) is 0. The van der Waals surface area contributed by atoms with Crippen LogP contribution in [0.3, 0.4) is 0 Å². The van der Waals surface area contributed by atoms with E-state index in [1.165, 1.54) is 6.07 Å². The summed E-state index contributed by atoms with van der Waals surface area (Å²) in [5.74, 6) is -1.06. The van der Waals surface area contributed by atoms with E-state index in [4.69, 9.17) is 4.52 Å². The Balaban J connectivity index is 1.62. The normalized spacial score (nSPS) is 11.9. The highest BCUT2D eigenvalue weighted by Crippen LogP contribution is 2.23. The van der Waals surface area contributed by atoms with Crippen molar-refractivity contribution in [2.45, 2.75) is 13.0 Å². The molecule has 25 heavy (non-hydrogen) atoms. The van der Waals surface area contributed by atoms with Crippen LogP contribution in [-0.2, 0) is 9.59 Å². The van der Waals surface area contributed by atoms with E-state index in [1.54, 1.807) is 13.0 Å². The van der Waals surface area contributed by atoms with Gasteiger partial charge in [0.2, 0.25) is 0 Å². The third-order valence-electron chi connectivity index (χ3n) is 3.71. The molecule has 0 fully saturated rings. The van der Waals surface area contributed by atoms with Crippen LogP contribution in [-0.4, -0.2) is 28.6 Å². The number of hydrogen-bond donors (Lipinski definition) is 3. The molecular formula is C18H17N3O4. The number of anilines is 1. The van der Waals surface area contributed by atoms with E-state index in [0.29, 0.717) is 11.3 Å². The minimum absolute atomic E-state index is 0.0852. The van der Waals surface area contributed by atoms with Gasteiger partial charge < -0.3 is 14.9 Å². The average molecular weight is 339 g/mol. The van der Waals surface area contributed by atoms with E-state index >= 15 is 0 Å². The summed E-state index contributed by atoms with van der Waals surface area (Å²) >= 11 is 0. The number of aryl methyl sites for hydroxylation is 1. The van der Waals surface area contributed by atoms with Crippen molar-refractivity contribution in [3.8, 4) is 0 Å². The van der Waals surface area contributed by atoms with Gasteiger partial charge in [-0.15, -0.1) is 0 Å². The molecule has 3 rings (SSSR count). The molecule has 0 bridgehead atoms. The molecule has 0 unspecified atom stereocenters. The lowest BCUT2D eigenvalue weighted by atomic mass is 10.0. The van der Waals surface area contributed by atoms with Crippen LogP contribution in [0.25, 0.3) is 10.8 Å². The molecule has 0 aliphatic rings. The molecule has 1 heterocycles. The molecule has 7 heteroatoms. The first-order valence-electron chi connectivity index (χ1n) is 7.73. The molecule has 0 saturated carbocycles. The monoisotopic (exact) mass is 339 g/mol. The lowest BCUT2D eigenvalue weighted by molar-refractivity contribution is -0.136. The Kier molecular flexibility index (Phi) is 4.76. The largest absolute Gasteiger partial charge is 0.387 e. The topological polar surface area (TPSA) is 104 Å². The number of hydrogen-bond acceptors (Lipinski definition) is 5. The Labute approximate surface area is 143 Å². The van der Waals surface area contributed by atoms with Gasteiger partial charge in [0, 0.05) is 12.6 Å². The number of rotatable bonds is 4. The van der Waals surface area contributed by atoms with Gasteiger partial charge in [0.05, 0.1) is 6.10 Å². The van der Waals surface area contributed by atoms with Gasteiger partial charge in [-0.25, -0.2) is 0 Å². The van der Waals surface area contributed by atoms with E-state index in [2.05, 4.69) is 15.8 Å². The summed E-state index contributed by atoms with van der Waals surface area (Å²) in [6.07, 6.45) is -0.933. The van der Waals surface area contributed by atoms with Crippen molar-refractivity contribution in [3.05, 3.63) is 59.9 Å². The molecule has 0 spiro atoms. The minimum Gasteiger partial charge on any atom is -0.387 e. The zero-order valence-electron chi connectivity index (χ0n) is 13.5. The van der Waals surface area contributed by atoms with Gasteiger partial charge in [0.25, 0.3) is 0 Å². The SMILES string of the molecule is Cc1cc(NC(=O)C(=O)NC[C@H](O)c2cccc3ccccc23)no1. The highest BCUT2D eigenvalue weighted by atomic mass is 16.5. The van der Waals surface area contributed by atoms with E-state index < -0.39 is 17.9 Å². The smallest absolute Gasteiger partial charge is 0.314 e. The standard InChI is InChI=1S/C18H17N3O4/c1-11-9-16(21-25-11)20-18(24)17(23)19-10-15(22)14-8-4-6-12-5-2-3-7-13(12)14/h2-9,15,22H,10H2,1H3,(H,19,23)(H,20,21,24)/t15-/m0/s1. The van der Waals surface area contributed by atoms with Crippen LogP contribution in [0.5, 0.6) is 0 Å². The van der Waals surface area contributed by atoms with Gasteiger partial charge in [0.1, 0.15) is 5.76 Å². The second kappa shape index (κ2) is 7.14. The summed E-state index contributed by atoms with van der Waals surface area (Å²) in [6, 6.07) is 14.7. The van der Waals surface area contributed by atoms with E-state index in [9.17, 15) is 14.7 Å². The molecule has 0 aliphatic heterocycles. The molecular weight excluding hydrogens is 322 g/mol. The second-order valence-corrected chi connectivity index (χ2v) is 5.57. The highest BCUT2D eigenvalue weighted by Gasteiger charge is 2.18. The van der Waals surface area contributed by atoms with Crippen molar-refractivity contribution in [1.29, 1.82) is 0 Å². The predicted octanol–water partition coefficient (Wildman–Crippen LogP) is 1.92. The van der Waals surface area contributed by atoms with Crippen molar-refractivity contribution in [2.24, 2.45) is 0 Å². The molecule has 1 aromatic heterocycles. The van der Waals surface area contributed by atoms with Crippen LogP contribution in [0.4, 0.5) is 5.82 Å². The van der Waals surface area contributed by atoms with E-state index in [-0.39, 0.29) is 12.4 Å². The van der Waals surface area contributed by atoms with Crippen LogP contribution in [0.1, 0.15) is 17.4 Å². The van der Waals surface area contributed by atoms with Crippen LogP contribution in [0.2, 0.25) is 0 Å². The molecule has 2 amide bonds. The molecule has 128 valence electrons. The number of amides is 2. The Hall–Kier alpha value is -3.19. The van der Waals surface area contributed by atoms with Gasteiger partial charge in [-0.3, -0.25) is 14.9 Å². The summed E-state index contributed by atoms with van der Waals surface area (Å²) in [5, 5.41) is 20.6. The molecule has 0 radical (unpaired) electrons. The number of aliphatic hydroxyl groups excluding tert-OH is 1. The maximum absolute atomic E-state index is 11.9. The zero-order valence-corrected chi connectivity index (χ0v) is 13.5. The molecule has 3 N–H and O–H groups in total. The fourth-order valence-electron chi connectivity index (χ4n) is 2.52. The summed E-state index contributed by atoms with van der Waals surface area (Å²) in [6.45, 7) is 1.58. The first-order valence-corrected chi connectivity index (χ1v) is 7.73. The lowest BCUT2D eigenvalue weighted by Gasteiger charge is -2.14. The lowest BCUT2D eigenvalue weighted by Crippen LogP contribution is -2.37. The third-order valence-corrected chi connectivity index (χ3v) is 3.71. The molecule has 2 aromatic carbocycles. The van der Waals surface area contributed by atoms with E-state index in [0.717, 1.165) is 10.8 Å². The van der Waals surface area contributed by atoms with Gasteiger partial charge in [-0.1, -0.05) is 47.6 Å². The summed E-state index contributed by atoms with van der Waals surface area (Å²) in [5.41, 5.74) is 0.686. The maximum atomic E-state index is 11.9. The maximum Gasteiger partial charge on any atom is 0.314 e. The van der Waals surface area contributed by atoms with Crippen LogP contribution in [0, 0.1) is 6.92 Å². The second-order valence-electron chi connectivity index (χ2n) is 5.57. The van der Waals surface area contributed by atoms with Crippen molar-refractivity contribution in [3.63, 3.8) is 0 Å². The molecule has 0 saturated heterocycles. The summed E-state index contributed by atoms with van der Waals surface area (Å²) < 4.78 is 4.81. The van der Waals surface area contributed by atoms with Crippen LogP contribution >= 0.6 is 0 Å². The molecule has 0 aliphatic carbocycles. The third kappa shape index (κ3) is 3.84. The Morgan fingerprint density at radius 2 is 1.92 bits per heavy atom. The Bertz CT molecular complexity index is 914. The number of aromatic nitrogens is 1. The van der Waals surface area contributed by atoms with Crippen LogP contribution in [0.15, 0.2) is 53.1 Å². The van der Waals surface area contributed by atoms with Crippen molar-refractivity contribution in [2.75, 3.05) is 11.9 Å². The van der Waals surface area contributed by atoms with Crippen molar-refractivity contribution < 1.29 is 19.2 Å². The highest BCUT2D eigenvalue weighted by molar-refractivity contribution is 6.39. The van der Waals surface area contributed by atoms with E-state index in [1.807, 2.05) is 36.4 Å². The number of fused-ring (bicyclic) bond motifs is 1. The minimum atomic E-state index is -0.933. The molecule has 3 aromatic rings. The van der Waals surface area contributed by atoms with Gasteiger partial charge >= 0.3 is 11.8 Å². The number of aliphatic hydroxyl groups is 1. The van der Waals surface area contributed by atoms with Crippen molar-refractivity contribution in [1.82, 2.24) is 10.5 Å². The van der Waals surface area contributed by atoms with Gasteiger partial charge in [-0.05, 0) is 23.3 Å². The zero-order chi connectivity index (χ0) is 17.8. The first-order chi connectivity index (χ1) is 12.0. The number of nitrogens with one attached hydrogen (secondary N) is 2. The number of carbonyl (C=O) groups is 2. The van der Waals surface area contributed by atoms with Gasteiger partial charge in [0.15, 0.2) is 5.82 Å². The quantitative estimate of drug-likeness (QED) is 0.630. The number of carbonyl (C=O) groups excluding carboxylic acids is 2. The Morgan fingerprint density at radius 1 is 1.16 bits per heavy atom. The molecule has 1 atom stereocenters. The van der Waals surface area contributed by atoms with Crippen LogP contribution < -0.4 is 10.6 Å². The molecule has 7 nitrogen and oxygen atoms in total. The number of benzene rings is 2. The Morgan fingerprint density at radius 3 is 2.68 bits per heavy atom.